The zero-order valence-electron chi connectivity index (χ0n) is 10.1. The zero-order chi connectivity index (χ0) is 11.8. The van der Waals surface area contributed by atoms with E-state index in [9.17, 15) is 0 Å². The van der Waals surface area contributed by atoms with Gasteiger partial charge in [-0.1, -0.05) is 6.07 Å². The molecule has 4 heteroatoms. The van der Waals surface area contributed by atoms with Crippen molar-refractivity contribution < 1.29 is 14.2 Å². The molecule has 1 aromatic rings. The van der Waals surface area contributed by atoms with Crippen molar-refractivity contribution in [1.82, 2.24) is 0 Å². The van der Waals surface area contributed by atoms with Gasteiger partial charge >= 0.3 is 0 Å². The lowest BCUT2D eigenvalue weighted by atomic mass is 10.2. The largest absolute Gasteiger partial charge is 0.376 e. The van der Waals surface area contributed by atoms with Crippen molar-refractivity contribution >= 4 is 11.3 Å². The molecule has 1 atom stereocenters. The second kappa shape index (κ2) is 7.82. The molecule has 2 rings (SSSR count). The summed E-state index contributed by atoms with van der Waals surface area (Å²) in [4.78, 5) is 1.28. The van der Waals surface area contributed by atoms with Gasteiger partial charge in [0.15, 0.2) is 6.29 Å². The second-order valence-electron chi connectivity index (χ2n) is 4.15. The van der Waals surface area contributed by atoms with Gasteiger partial charge in [-0.15, -0.1) is 11.3 Å². The van der Waals surface area contributed by atoms with E-state index < -0.39 is 0 Å². The van der Waals surface area contributed by atoms with Crippen LogP contribution in [0, 0.1) is 0 Å². The summed E-state index contributed by atoms with van der Waals surface area (Å²) in [6.45, 7) is 3.05. The molecule has 0 saturated carbocycles. The molecule has 2 heterocycles. The summed E-state index contributed by atoms with van der Waals surface area (Å²) in [6.07, 6.45) is 4.39. The van der Waals surface area contributed by atoms with Crippen molar-refractivity contribution in [2.45, 2.75) is 38.6 Å². The van der Waals surface area contributed by atoms with Gasteiger partial charge in [0, 0.05) is 18.1 Å². The van der Waals surface area contributed by atoms with Gasteiger partial charge in [0.1, 0.15) is 0 Å². The molecule has 1 aliphatic rings. The van der Waals surface area contributed by atoms with Crippen LogP contribution in [0.2, 0.25) is 0 Å². The summed E-state index contributed by atoms with van der Waals surface area (Å²) < 4.78 is 16.7. The highest BCUT2D eigenvalue weighted by Gasteiger charge is 2.13. The molecule has 0 spiro atoms. The third-order valence-corrected chi connectivity index (χ3v) is 3.55. The first-order valence-electron chi connectivity index (χ1n) is 6.28. The van der Waals surface area contributed by atoms with Crippen LogP contribution in [-0.4, -0.2) is 26.1 Å². The fourth-order valence-electron chi connectivity index (χ4n) is 1.79. The van der Waals surface area contributed by atoms with E-state index in [1.807, 2.05) is 6.07 Å². The minimum Gasteiger partial charge on any atom is -0.376 e. The minimum atomic E-state index is 0.0287. The smallest absolute Gasteiger partial charge is 0.157 e. The van der Waals surface area contributed by atoms with Crippen LogP contribution in [-0.2, 0) is 20.8 Å². The summed E-state index contributed by atoms with van der Waals surface area (Å²) in [5, 5.41) is 2.07. The van der Waals surface area contributed by atoms with Gasteiger partial charge in [-0.2, -0.15) is 0 Å². The Morgan fingerprint density at radius 3 is 3.12 bits per heavy atom. The van der Waals surface area contributed by atoms with Crippen LogP contribution in [0.5, 0.6) is 0 Å². The normalized spacial score (nSPS) is 20.6. The molecule has 0 N–H and O–H groups in total. The van der Waals surface area contributed by atoms with Crippen LogP contribution in [0.15, 0.2) is 17.5 Å². The standard InChI is InChI=1S/C13H20O3S/c1-2-8-15-13(6-1)16-9-4-7-14-11-12-5-3-10-17-12/h3,5,10,13H,1-2,4,6-9,11H2/t13-/m0/s1. The molecule has 0 aromatic carbocycles. The van der Waals surface area contributed by atoms with Crippen molar-refractivity contribution in [3.63, 3.8) is 0 Å². The summed E-state index contributed by atoms with van der Waals surface area (Å²) in [5.41, 5.74) is 0. The number of rotatable bonds is 7. The number of ether oxygens (including phenoxy) is 3. The summed E-state index contributed by atoms with van der Waals surface area (Å²) in [5.74, 6) is 0. The first-order valence-corrected chi connectivity index (χ1v) is 7.16. The van der Waals surface area contributed by atoms with Crippen LogP contribution in [0.3, 0.4) is 0 Å². The highest BCUT2D eigenvalue weighted by atomic mass is 32.1. The fraction of sp³-hybridized carbons (Fsp3) is 0.692. The van der Waals surface area contributed by atoms with E-state index in [0.717, 1.165) is 39.3 Å². The van der Waals surface area contributed by atoms with Gasteiger partial charge in [0.25, 0.3) is 0 Å². The Labute approximate surface area is 107 Å². The number of hydrogen-bond donors (Lipinski definition) is 0. The van der Waals surface area contributed by atoms with E-state index >= 15 is 0 Å². The number of thiophene rings is 1. The highest BCUT2D eigenvalue weighted by Crippen LogP contribution is 2.14. The van der Waals surface area contributed by atoms with Crippen LogP contribution >= 0.6 is 11.3 Å². The SMILES string of the molecule is c1csc(COCCCO[C@H]2CCCCO2)c1. The molecular formula is C13H20O3S. The van der Waals surface area contributed by atoms with E-state index in [1.165, 1.54) is 17.7 Å². The predicted molar refractivity (Wildman–Crippen MR) is 68.1 cm³/mol. The lowest BCUT2D eigenvalue weighted by Gasteiger charge is -2.22. The maximum atomic E-state index is 5.62. The molecule has 0 radical (unpaired) electrons. The first kappa shape index (κ1) is 13.0. The van der Waals surface area contributed by atoms with Gasteiger partial charge in [0.2, 0.25) is 0 Å². The van der Waals surface area contributed by atoms with Crippen LogP contribution in [0.1, 0.15) is 30.6 Å². The van der Waals surface area contributed by atoms with Crippen LogP contribution in [0.4, 0.5) is 0 Å². The van der Waals surface area contributed by atoms with Gasteiger partial charge in [0.05, 0.1) is 13.2 Å². The average molecular weight is 256 g/mol. The van der Waals surface area contributed by atoms with E-state index in [0.29, 0.717) is 0 Å². The highest BCUT2D eigenvalue weighted by molar-refractivity contribution is 7.09. The summed E-state index contributed by atoms with van der Waals surface area (Å²) in [7, 11) is 0. The van der Waals surface area contributed by atoms with E-state index in [2.05, 4.69) is 11.4 Å². The van der Waals surface area contributed by atoms with Gasteiger partial charge in [-0.25, -0.2) is 0 Å². The summed E-state index contributed by atoms with van der Waals surface area (Å²) >= 11 is 1.73. The van der Waals surface area contributed by atoms with Crippen molar-refractivity contribution in [3.8, 4) is 0 Å². The molecule has 3 nitrogen and oxygen atoms in total. The molecule has 1 saturated heterocycles. The molecule has 1 fully saturated rings. The Balaban J connectivity index is 1.43. The maximum absolute atomic E-state index is 5.62. The Morgan fingerprint density at radius 2 is 2.35 bits per heavy atom. The van der Waals surface area contributed by atoms with E-state index in [-0.39, 0.29) is 6.29 Å². The number of hydrogen-bond acceptors (Lipinski definition) is 4. The maximum Gasteiger partial charge on any atom is 0.157 e. The first-order chi connectivity index (χ1) is 8.45. The summed E-state index contributed by atoms with van der Waals surface area (Å²) in [6, 6.07) is 4.14. The topological polar surface area (TPSA) is 27.7 Å². The van der Waals surface area contributed by atoms with Gasteiger partial charge < -0.3 is 14.2 Å². The van der Waals surface area contributed by atoms with Crippen LogP contribution in [0.25, 0.3) is 0 Å². The molecule has 0 unspecified atom stereocenters. The lowest BCUT2D eigenvalue weighted by Crippen LogP contribution is -2.23. The zero-order valence-corrected chi connectivity index (χ0v) is 10.9. The Kier molecular flexibility index (Phi) is 5.99. The lowest BCUT2D eigenvalue weighted by molar-refractivity contribution is -0.164. The van der Waals surface area contributed by atoms with Gasteiger partial charge in [-0.05, 0) is 37.1 Å². The molecular weight excluding hydrogens is 236 g/mol. The second-order valence-corrected chi connectivity index (χ2v) is 5.18. The van der Waals surface area contributed by atoms with Crippen LogP contribution < -0.4 is 0 Å². The Bertz CT molecular complexity index is 281. The van der Waals surface area contributed by atoms with E-state index in [4.69, 9.17) is 14.2 Å². The van der Waals surface area contributed by atoms with Gasteiger partial charge in [-0.3, -0.25) is 0 Å². The average Bonchev–Trinajstić information content (AvgIpc) is 2.88. The predicted octanol–water partition coefficient (Wildman–Crippen LogP) is 3.20. The third-order valence-electron chi connectivity index (χ3n) is 2.70. The van der Waals surface area contributed by atoms with Crippen molar-refractivity contribution in [2.24, 2.45) is 0 Å². The van der Waals surface area contributed by atoms with Crippen molar-refractivity contribution in [3.05, 3.63) is 22.4 Å². The minimum absolute atomic E-state index is 0.0287. The third kappa shape index (κ3) is 5.17. The molecule has 1 aromatic heterocycles. The van der Waals surface area contributed by atoms with E-state index in [1.54, 1.807) is 11.3 Å². The molecule has 0 amide bonds. The molecule has 0 bridgehead atoms. The van der Waals surface area contributed by atoms with Crippen molar-refractivity contribution in [2.75, 3.05) is 19.8 Å². The molecule has 1 aliphatic heterocycles. The molecule has 96 valence electrons. The Hall–Kier alpha value is -0.420. The van der Waals surface area contributed by atoms with Crippen molar-refractivity contribution in [1.29, 1.82) is 0 Å². The quantitative estimate of drug-likeness (QED) is 0.701. The molecule has 17 heavy (non-hydrogen) atoms. The fourth-order valence-corrected chi connectivity index (χ4v) is 2.43. The monoisotopic (exact) mass is 256 g/mol. The molecule has 0 aliphatic carbocycles. The Morgan fingerprint density at radius 1 is 1.35 bits per heavy atom.